The van der Waals surface area contributed by atoms with Crippen LogP contribution in [0.1, 0.15) is 23.1 Å². The van der Waals surface area contributed by atoms with E-state index in [0.29, 0.717) is 6.54 Å². The number of carbonyl (C=O) groups excluding carboxylic acids is 1. The molecule has 3 rings (SSSR count). The first-order chi connectivity index (χ1) is 9.54. The molecule has 0 radical (unpaired) electrons. The lowest BCUT2D eigenvalue weighted by Gasteiger charge is -2.19. The zero-order valence-electron chi connectivity index (χ0n) is 11.5. The average molecular weight is 271 g/mol. The number of furan rings is 1. The van der Waals surface area contributed by atoms with Crippen molar-refractivity contribution in [3.63, 3.8) is 0 Å². The molecule has 1 aliphatic heterocycles. The van der Waals surface area contributed by atoms with Crippen LogP contribution in [0.3, 0.4) is 0 Å². The highest BCUT2D eigenvalue weighted by atomic mass is 16.3. The summed E-state index contributed by atoms with van der Waals surface area (Å²) in [6.45, 7) is 2.60. The summed E-state index contributed by atoms with van der Waals surface area (Å²) >= 11 is 0. The van der Waals surface area contributed by atoms with Gasteiger partial charge < -0.3 is 20.4 Å². The molecule has 1 aromatic carbocycles. The summed E-state index contributed by atoms with van der Waals surface area (Å²) in [5.74, 6) is 1.66. The highest BCUT2D eigenvalue weighted by Gasteiger charge is 2.27. The Morgan fingerprint density at radius 3 is 2.85 bits per heavy atom. The van der Waals surface area contributed by atoms with Crippen LogP contribution in [-0.2, 0) is 11.3 Å². The number of rotatable bonds is 3. The number of amides is 1. The Balaban J connectivity index is 1.81. The van der Waals surface area contributed by atoms with Crippen molar-refractivity contribution in [2.24, 2.45) is 5.73 Å². The van der Waals surface area contributed by atoms with E-state index in [0.717, 1.165) is 28.5 Å². The molecular weight excluding hydrogens is 254 g/mol. The van der Waals surface area contributed by atoms with Crippen LogP contribution in [0, 0.1) is 6.92 Å². The van der Waals surface area contributed by atoms with Crippen molar-refractivity contribution < 1.29 is 9.21 Å². The van der Waals surface area contributed by atoms with Gasteiger partial charge in [-0.3, -0.25) is 4.79 Å². The summed E-state index contributed by atoms with van der Waals surface area (Å²) in [6.07, 6.45) is 0. The van der Waals surface area contributed by atoms with E-state index < -0.39 is 6.04 Å². The van der Waals surface area contributed by atoms with E-state index >= 15 is 0 Å². The maximum Gasteiger partial charge on any atom is 0.245 e. The number of nitrogens with zero attached hydrogens (tertiary/aromatic N) is 1. The Labute approximate surface area is 117 Å². The molecule has 0 saturated heterocycles. The molecule has 1 aliphatic rings. The lowest BCUT2D eigenvalue weighted by molar-refractivity contribution is -0.116. The molecule has 0 saturated carbocycles. The number of benzene rings is 1. The first-order valence-electron chi connectivity index (χ1n) is 6.51. The Morgan fingerprint density at radius 1 is 1.35 bits per heavy atom. The summed E-state index contributed by atoms with van der Waals surface area (Å²) in [6, 6.07) is 9.17. The fourth-order valence-electron chi connectivity index (χ4n) is 2.41. The Hall–Kier alpha value is -2.27. The molecule has 2 heterocycles. The minimum atomic E-state index is -0.558. The van der Waals surface area contributed by atoms with Crippen LogP contribution in [0.15, 0.2) is 34.7 Å². The topological polar surface area (TPSA) is 71.5 Å². The smallest absolute Gasteiger partial charge is 0.245 e. The van der Waals surface area contributed by atoms with Crippen LogP contribution >= 0.6 is 0 Å². The van der Waals surface area contributed by atoms with E-state index in [4.69, 9.17) is 10.2 Å². The summed E-state index contributed by atoms with van der Waals surface area (Å²) in [4.78, 5) is 13.6. The van der Waals surface area contributed by atoms with Gasteiger partial charge in [0.05, 0.1) is 6.54 Å². The van der Waals surface area contributed by atoms with Crippen molar-refractivity contribution in [2.45, 2.75) is 19.5 Å². The second kappa shape index (κ2) is 4.68. The zero-order chi connectivity index (χ0) is 14.3. The molecule has 1 aromatic heterocycles. The Bertz CT molecular complexity index is 663. The van der Waals surface area contributed by atoms with Crippen molar-refractivity contribution in [2.75, 3.05) is 17.3 Å². The number of nitrogens with one attached hydrogen (secondary N) is 1. The van der Waals surface area contributed by atoms with Gasteiger partial charge in [-0.25, -0.2) is 0 Å². The molecule has 1 unspecified atom stereocenters. The fourth-order valence-corrected chi connectivity index (χ4v) is 2.41. The highest BCUT2D eigenvalue weighted by molar-refractivity contribution is 6.02. The van der Waals surface area contributed by atoms with Crippen molar-refractivity contribution in [3.05, 3.63) is 47.4 Å². The predicted molar refractivity (Wildman–Crippen MR) is 77.6 cm³/mol. The summed E-state index contributed by atoms with van der Waals surface area (Å²) in [7, 11) is 1.98. The minimum absolute atomic E-state index is 0.151. The number of aryl methyl sites for hydroxylation is 1. The van der Waals surface area contributed by atoms with Crippen LogP contribution in [-0.4, -0.2) is 13.0 Å². The van der Waals surface area contributed by atoms with Gasteiger partial charge in [0, 0.05) is 24.0 Å². The van der Waals surface area contributed by atoms with Crippen molar-refractivity contribution in [3.8, 4) is 0 Å². The van der Waals surface area contributed by atoms with Crippen molar-refractivity contribution in [1.82, 2.24) is 0 Å². The first-order valence-corrected chi connectivity index (χ1v) is 6.51. The van der Waals surface area contributed by atoms with Gasteiger partial charge in [0.25, 0.3) is 0 Å². The Kier molecular flexibility index (Phi) is 2.99. The van der Waals surface area contributed by atoms with E-state index in [2.05, 4.69) is 10.2 Å². The van der Waals surface area contributed by atoms with Crippen LogP contribution < -0.4 is 16.0 Å². The lowest BCUT2D eigenvalue weighted by atomic mass is 10.1. The summed E-state index contributed by atoms with van der Waals surface area (Å²) in [5.41, 5.74) is 8.45. The van der Waals surface area contributed by atoms with Gasteiger partial charge in [0.15, 0.2) is 0 Å². The minimum Gasteiger partial charge on any atom is -0.464 e. The first kappa shape index (κ1) is 12.7. The van der Waals surface area contributed by atoms with Crippen molar-refractivity contribution >= 4 is 17.3 Å². The van der Waals surface area contributed by atoms with Gasteiger partial charge in [-0.05, 0) is 31.2 Å². The number of carbonyl (C=O) groups is 1. The molecule has 3 N–H and O–H groups in total. The standard InChI is InChI=1S/C15H17N3O2/c1-9-3-5-11(20-9)8-18(2)10-4-6-12-13(7-10)17-15(19)14(12)16/h3-7,14H,8,16H2,1-2H3,(H,17,19). The third kappa shape index (κ3) is 2.16. The number of anilines is 2. The van der Waals surface area contributed by atoms with Gasteiger partial charge in [0.1, 0.15) is 17.6 Å². The molecule has 5 heteroatoms. The van der Waals surface area contributed by atoms with Crippen LogP contribution in [0.5, 0.6) is 0 Å². The van der Waals surface area contributed by atoms with Crippen LogP contribution in [0.2, 0.25) is 0 Å². The number of hydrogen-bond donors (Lipinski definition) is 2. The molecule has 0 fully saturated rings. The van der Waals surface area contributed by atoms with Crippen LogP contribution in [0.4, 0.5) is 11.4 Å². The zero-order valence-corrected chi connectivity index (χ0v) is 11.5. The summed E-state index contributed by atoms with van der Waals surface area (Å²) < 4.78 is 5.57. The van der Waals surface area contributed by atoms with Crippen molar-refractivity contribution in [1.29, 1.82) is 0 Å². The van der Waals surface area contributed by atoms with E-state index in [1.165, 1.54) is 0 Å². The second-order valence-corrected chi connectivity index (χ2v) is 5.11. The molecule has 104 valence electrons. The lowest BCUT2D eigenvalue weighted by Crippen LogP contribution is -2.19. The SMILES string of the molecule is Cc1ccc(CN(C)c2ccc3c(c2)NC(=O)C3N)o1. The van der Waals surface area contributed by atoms with E-state index in [1.807, 2.05) is 44.3 Å². The molecular formula is C15H17N3O2. The molecule has 0 spiro atoms. The molecule has 0 bridgehead atoms. The second-order valence-electron chi connectivity index (χ2n) is 5.11. The fraction of sp³-hybridized carbons (Fsp3) is 0.267. The number of nitrogens with two attached hydrogens (primary N) is 1. The third-order valence-corrected chi connectivity index (χ3v) is 3.54. The van der Waals surface area contributed by atoms with Crippen LogP contribution in [0.25, 0.3) is 0 Å². The number of hydrogen-bond acceptors (Lipinski definition) is 4. The van der Waals surface area contributed by atoms with Gasteiger partial charge in [-0.2, -0.15) is 0 Å². The largest absolute Gasteiger partial charge is 0.464 e. The van der Waals surface area contributed by atoms with Gasteiger partial charge in [-0.15, -0.1) is 0 Å². The maximum absolute atomic E-state index is 11.5. The molecule has 1 atom stereocenters. The molecule has 2 aromatic rings. The number of fused-ring (bicyclic) bond motifs is 1. The van der Waals surface area contributed by atoms with E-state index in [9.17, 15) is 4.79 Å². The van der Waals surface area contributed by atoms with E-state index in [-0.39, 0.29) is 5.91 Å². The molecule has 20 heavy (non-hydrogen) atoms. The predicted octanol–water partition coefficient (Wildman–Crippen LogP) is 2.18. The van der Waals surface area contributed by atoms with Gasteiger partial charge >= 0.3 is 0 Å². The summed E-state index contributed by atoms with van der Waals surface area (Å²) in [5, 5.41) is 2.80. The molecule has 0 aliphatic carbocycles. The molecule has 1 amide bonds. The quantitative estimate of drug-likeness (QED) is 0.897. The molecule has 5 nitrogen and oxygen atoms in total. The Morgan fingerprint density at radius 2 is 2.15 bits per heavy atom. The monoisotopic (exact) mass is 271 g/mol. The maximum atomic E-state index is 11.5. The highest BCUT2D eigenvalue weighted by Crippen LogP contribution is 2.32. The average Bonchev–Trinajstić information content (AvgIpc) is 2.94. The normalized spacial score (nSPS) is 16.9. The van der Waals surface area contributed by atoms with Gasteiger partial charge in [0.2, 0.25) is 5.91 Å². The van der Waals surface area contributed by atoms with Gasteiger partial charge in [-0.1, -0.05) is 6.07 Å². The third-order valence-electron chi connectivity index (χ3n) is 3.54. The van der Waals surface area contributed by atoms with E-state index in [1.54, 1.807) is 0 Å².